The van der Waals surface area contributed by atoms with Crippen LogP contribution in [0.25, 0.3) is 0 Å². The number of aromatic nitrogens is 2. The van der Waals surface area contributed by atoms with Crippen LogP contribution in [0.3, 0.4) is 0 Å². The third kappa shape index (κ3) is 5.00. The van der Waals surface area contributed by atoms with Gasteiger partial charge in [0.25, 0.3) is 0 Å². The summed E-state index contributed by atoms with van der Waals surface area (Å²) in [6.45, 7) is 2.27. The van der Waals surface area contributed by atoms with E-state index in [1.165, 1.54) is 0 Å². The van der Waals surface area contributed by atoms with Gasteiger partial charge in [-0.15, -0.1) is 0 Å². The maximum absolute atomic E-state index is 13.5. The van der Waals surface area contributed by atoms with Crippen molar-refractivity contribution < 1.29 is 55.6 Å². The van der Waals surface area contributed by atoms with Crippen LogP contribution in [0.4, 0.5) is 26.3 Å². The van der Waals surface area contributed by atoms with Gasteiger partial charge in [0.15, 0.2) is 12.2 Å². The highest BCUT2D eigenvalue weighted by molar-refractivity contribution is 5.89. The summed E-state index contributed by atoms with van der Waals surface area (Å²) in [5.74, 6) is -3.31. The molecule has 2 atom stereocenters. The zero-order valence-corrected chi connectivity index (χ0v) is 17.7. The number of methoxy groups -OCH3 is 2. The van der Waals surface area contributed by atoms with E-state index < -0.39 is 65.4 Å². The standard InChI is InChI=1S/C19H20F6N2O6/c1-6-8(26-13(17(30)31)11(6)15(33-4)19(23,24)25)5-9-10(14(32-3)18(20,21)22)7(2)12(27-9)16(28)29/h14-15,26-27H,5H2,1-4H3,(H,28,29)(H,30,31). The van der Waals surface area contributed by atoms with Gasteiger partial charge in [0, 0.05) is 43.2 Å². The number of hydrogen-bond donors (Lipinski definition) is 4. The third-order valence-electron chi connectivity index (χ3n) is 5.15. The number of ether oxygens (including phenoxy) is 2. The Morgan fingerprint density at radius 1 is 0.788 bits per heavy atom. The highest BCUT2D eigenvalue weighted by Crippen LogP contribution is 2.42. The van der Waals surface area contributed by atoms with Crippen LogP contribution in [0.15, 0.2) is 0 Å². The minimum absolute atomic E-state index is 0.176. The molecule has 0 fully saturated rings. The SMILES string of the molecule is COC(c1c(Cc2[nH]c(C(=O)O)c(C(OC)C(F)(F)F)c2C)[nH]c(C(=O)O)c1C)C(F)(F)F. The van der Waals surface area contributed by atoms with Gasteiger partial charge in [-0.05, 0) is 25.0 Å². The van der Waals surface area contributed by atoms with Crippen molar-refractivity contribution in [3.63, 3.8) is 0 Å². The van der Waals surface area contributed by atoms with Gasteiger partial charge < -0.3 is 29.7 Å². The number of aromatic amines is 2. The van der Waals surface area contributed by atoms with Crippen LogP contribution in [0.5, 0.6) is 0 Å². The van der Waals surface area contributed by atoms with Gasteiger partial charge in [-0.1, -0.05) is 0 Å². The van der Waals surface area contributed by atoms with E-state index in [0.717, 1.165) is 28.1 Å². The molecule has 184 valence electrons. The maximum Gasteiger partial charge on any atom is 0.418 e. The molecule has 14 heteroatoms. The summed E-state index contributed by atoms with van der Waals surface area (Å²) in [6, 6.07) is 0. The van der Waals surface area contributed by atoms with Gasteiger partial charge >= 0.3 is 24.3 Å². The summed E-state index contributed by atoms with van der Waals surface area (Å²) < 4.78 is 89.8. The van der Waals surface area contributed by atoms with Crippen molar-refractivity contribution >= 4 is 11.9 Å². The minimum Gasteiger partial charge on any atom is -0.477 e. The van der Waals surface area contributed by atoms with E-state index in [4.69, 9.17) is 0 Å². The van der Waals surface area contributed by atoms with Gasteiger partial charge in [0.1, 0.15) is 11.4 Å². The molecule has 8 nitrogen and oxygen atoms in total. The molecule has 2 aromatic rings. The molecular formula is C19H20F6N2O6. The Morgan fingerprint density at radius 2 is 1.21 bits per heavy atom. The lowest BCUT2D eigenvalue weighted by molar-refractivity contribution is -0.216. The summed E-state index contributed by atoms with van der Waals surface area (Å²) in [5, 5.41) is 18.7. The largest absolute Gasteiger partial charge is 0.477 e. The molecular weight excluding hydrogens is 466 g/mol. The van der Waals surface area contributed by atoms with E-state index in [9.17, 15) is 46.1 Å². The van der Waals surface area contributed by atoms with Crippen molar-refractivity contribution in [3.8, 4) is 0 Å². The molecule has 2 heterocycles. The van der Waals surface area contributed by atoms with E-state index >= 15 is 0 Å². The fraction of sp³-hybridized carbons (Fsp3) is 0.474. The Morgan fingerprint density at radius 3 is 1.61 bits per heavy atom. The van der Waals surface area contributed by atoms with Gasteiger partial charge in [-0.25, -0.2) is 9.59 Å². The summed E-state index contributed by atoms with van der Waals surface area (Å²) in [5.41, 5.74) is -3.72. The summed E-state index contributed by atoms with van der Waals surface area (Å²) in [4.78, 5) is 27.7. The molecule has 0 spiro atoms. The average Bonchev–Trinajstić information content (AvgIpc) is 3.14. The number of H-pyrrole nitrogens is 2. The van der Waals surface area contributed by atoms with Crippen molar-refractivity contribution in [2.45, 2.75) is 44.8 Å². The van der Waals surface area contributed by atoms with Crippen molar-refractivity contribution in [1.82, 2.24) is 9.97 Å². The normalized spacial score (nSPS) is 14.4. The molecule has 0 aliphatic carbocycles. The van der Waals surface area contributed by atoms with E-state index in [2.05, 4.69) is 19.4 Å². The predicted molar refractivity (Wildman–Crippen MR) is 99.4 cm³/mol. The van der Waals surface area contributed by atoms with E-state index in [-0.39, 0.29) is 22.5 Å². The highest BCUT2D eigenvalue weighted by atomic mass is 19.4. The van der Waals surface area contributed by atoms with Crippen LogP contribution in [-0.4, -0.2) is 58.7 Å². The molecule has 0 amide bonds. The van der Waals surface area contributed by atoms with Gasteiger partial charge in [-0.2, -0.15) is 26.3 Å². The molecule has 4 N–H and O–H groups in total. The fourth-order valence-electron chi connectivity index (χ4n) is 3.72. The first-order valence-corrected chi connectivity index (χ1v) is 9.14. The second-order valence-electron chi connectivity index (χ2n) is 7.14. The van der Waals surface area contributed by atoms with Crippen molar-refractivity contribution in [2.75, 3.05) is 14.2 Å². The minimum atomic E-state index is -4.98. The Kier molecular flexibility index (Phi) is 7.24. The van der Waals surface area contributed by atoms with Crippen LogP contribution in [0.1, 0.15) is 66.8 Å². The Hall–Kier alpha value is -3.00. The molecule has 0 radical (unpaired) electrons. The van der Waals surface area contributed by atoms with Gasteiger partial charge in [0.05, 0.1) is 0 Å². The highest BCUT2D eigenvalue weighted by Gasteiger charge is 2.46. The molecule has 2 rings (SSSR count). The molecule has 0 aliphatic heterocycles. The lowest BCUT2D eigenvalue weighted by Crippen LogP contribution is -2.24. The van der Waals surface area contributed by atoms with Gasteiger partial charge in [-0.3, -0.25) is 0 Å². The number of nitrogens with one attached hydrogen (secondary N) is 2. The second-order valence-corrected chi connectivity index (χ2v) is 7.14. The molecule has 33 heavy (non-hydrogen) atoms. The summed E-state index contributed by atoms with van der Waals surface area (Å²) >= 11 is 0. The molecule has 0 aromatic carbocycles. The van der Waals surface area contributed by atoms with Crippen LogP contribution in [0, 0.1) is 13.8 Å². The Balaban J connectivity index is 2.74. The van der Waals surface area contributed by atoms with Crippen LogP contribution < -0.4 is 0 Å². The van der Waals surface area contributed by atoms with Crippen molar-refractivity contribution in [3.05, 3.63) is 45.0 Å². The number of rotatable bonds is 8. The van der Waals surface area contributed by atoms with E-state index in [0.29, 0.717) is 0 Å². The summed E-state index contributed by atoms with van der Waals surface area (Å²) in [6.07, 6.45) is -15.6. The van der Waals surface area contributed by atoms with E-state index in [1.807, 2.05) is 0 Å². The van der Waals surface area contributed by atoms with Crippen LogP contribution in [-0.2, 0) is 15.9 Å². The van der Waals surface area contributed by atoms with Crippen molar-refractivity contribution in [2.24, 2.45) is 0 Å². The zero-order valence-electron chi connectivity index (χ0n) is 17.7. The first-order valence-electron chi connectivity index (χ1n) is 9.14. The first-order chi connectivity index (χ1) is 15.1. The number of hydrogen-bond acceptors (Lipinski definition) is 4. The number of alkyl halides is 6. The molecule has 0 saturated heterocycles. The topological polar surface area (TPSA) is 125 Å². The van der Waals surface area contributed by atoms with Crippen LogP contribution in [0.2, 0.25) is 0 Å². The fourth-order valence-corrected chi connectivity index (χ4v) is 3.72. The lowest BCUT2D eigenvalue weighted by atomic mass is 9.98. The first kappa shape index (κ1) is 26.3. The third-order valence-corrected chi connectivity index (χ3v) is 5.15. The predicted octanol–water partition coefficient (Wildman–Crippen LogP) is 4.45. The van der Waals surface area contributed by atoms with Gasteiger partial charge in [0.2, 0.25) is 0 Å². The van der Waals surface area contributed by atoms with E-state index in [1.54, 1.807) is 0 Å². The molecule has 0 saturated carbocycles. The summed E-state index contributed by atoms with van der Waals surface area (Å²) in [7, 11) is 1.50. The lowest BCUT2D eigenvalue weighted by Gasteiger charge is -2.21. The Bertz CT molecular complexity index is 1050. The molecule has 0 aliphatic rings. The molecule has 2 unspecified atom stereocenters. The number of carboxylic acids is 2. The molecule has 0 bridgehead atoms. The number of carbonyl (C=O) groups is 2. The quantitative estimate of drug-likeness (QED) is 0.409. The Labute approximate surface area is 182 Å². The molecule has 2 aromatic heterocycles. The zero-order chi connectivity index (χ0) is 25.5. The number of aromatic carboxylic acids is 2. The number of halogens is 6. The number of carboxylic acid groups (broad SMARTS) is 2. The monoisotopic (exact) mass is 486 g/mol. The maximum atomic E-state index is 13.5. The van der Waals surface area contributed by atoms with Crippen molar-refractivity contribution in [1.29, 1.82) is 0 Å². The second kappa shape index (κ2) is 9.09. The smallest absolute Gasteiger partial charge is 0.418 e. The average molecular weight is 486 g/mol. The van der Waals surface area contributed by atoms with Crippen LogP contribution >= 0.6 is 0 Å².